The van der Waals surface area contributed by atoms with E-state index in [-0.39, 0.29) is 10.8 Å². The summed E-state index contributed by atoms with van der Waals surface area (Å²) in [6.07, 6.45) is 0. The summed E-state index contributed by atoms with van der Waals surface area (Å²) < 4.78 is 1.07. The van der Waals surface area contributed by atoms with Gasteiger partial charge in [0.25, 0.3) is 0 Å². The highest BCUT2D eigenvalue weighted by molar-refractivity contribution is 9.10. The van der Waals surface area contributed by atoms with Crippen LogP contribution in [0.25, 0.3) is 0 Å². The Morgan fingerprint density at radius 2 is 1.55 bits per heavy atom. The first-order valence-electron chi connectivity index (χ1n) is 6.79. The molecule has 0 N–H and O–H groups in total. The third kappa shape index (κ3) is 3.65. The molecule has 0 saturated heterocycles. The van der Waals surface area contributed by atoms with Crippen LogP contribution in [-0.2, 0) is 5.41 Å². The number of aryl methyl sites for hydroxylation is 1. The molecule has 1 unspecified atom stereocenters. The van der Waals surface area contributed by atoms with E-state index in [1.807, 2.05) is 0 Å². The van der Waals surface area contributed by atoms with Crippen LogP contribution in [-0.4, -0.2) is 0 Å². The molecule has 0 saturated carbocycles. The molecule has 0 fully saturated rings. The van der Waals surface area contributed by atoms with Crippen molar-refractivity contribution in [2.24, 2.45) is 0 Å². The van der Waals surface area contributed by atoms with Gasteiger partial charge >= 0.3 is 0 Å². The van der Waals surface area contributed by atoms with Gasteiger partial charge in [-0.15, -0.1) is 11.6 Å². The SMILES string of the molecule is Cc1cc(Br)cc(C(Cl)c2ccc(C(C)(C)C)cc2)c1. The van der Waals surface area contributed by atoms with Crippen molar-refractivity contribution >= 4 is 27.5 Å². The van der Waals surface area contributed by atoms with Gasteiger partial charge in [-0.05, 0) is 46.7 Å². The Morgan fingerprint density at radius 3 is 2.05 bits per heavy atom. The molecule has 106 valence electrons. The first-order chi connectivity index (χ1) is 9.27. The molecule has 2 heteroatoms. The second kappa shape index (κ2) is 5.91. The summed E-state index contributed by atoms with van der Waals surface area (Å²) in [6.45, 7) is 8.74. The molecule has 2 aromatic rings. The number of rotatable bonds is 2. The molecular formula is C18H20BrCl. The lowest BCUT2D eigenvalue weighted by Gasteiger charge is -2.20. The van der Waals surface area contributed by atoms with E-state index in [2.05, 4.69) is 86.1 Å². The largest absolute Gasteiger partial charge is 0.113 e. The maximum atomic E-state index is 6.62. The fraction of sp³-hybridized carbons (Fsp3) is 0.333. The van der Waals surface area contributed by atoms with Gasteiger partial charge in [-0.1, -0.05) is 67.0 Å². The Kier molecular flexibility index (Phi) is 4.61. The van der Waals surface area contributed by atoms with E-state index in [4.69, 9.17) is 11.6 Å². The van der Waals surface area contributed by atoms with Crippen molar-refractivity contribution in [1.82, 2.24) is 0 Å². The standard InChI is InChI=1S/C18H20BrCl/c1-12-9-14(11-16(19)10-12)17(20)13-5-7-15(8-6-13)18(2,3)4/h5-11,17H,1-4H3. The smallest absolute Gasteiger partial charge is 0.0835 e. The molecule has 0 heterocycles. The summed E-state index contributed by atoms with van der Waals surface area (Å²) in [5, 5.41) is -0.111. The normalized spacial score (nSPS) is 13.3. The first-order valence-corrected chi connectivity index (χ1v) is 8.02. The van der Waals surface area contributed by atoms with Crippen LogP contribution in [0.3, 0.4) is 0 Å². The summed E-state index contributed by atoms with van der Waals surface area (Å²) in [5.41, 5.74) is 4.98. The minimum atomic E-state index is -0.111. The zero-order chi connectivity index (χ0) is 14.9. The van der Waals surface area contributed by atoms with E-state index in [1.165, 1.54) is 11.1 Å². The van der Waals surface area contributed by atoms with Crippen LogP contribution < -0.4 is 0 Å². The van der Waals surface area contributed by atoms with E-state index in [1.54, 1.807) is 0 Å². The van der Waals surface area contributed by atoms with E-state index in [0.717, 1.165) is 15.6 Å². The molecule has 0 aromatic heterocycles. The highest BCUT2D eigenvalue weighted by Crippen LogP contribution is 2.32. The lowest BCUT2D eigenvalue weighted by atomic mass is 9.86. The van der Waals surface area contributed by atoms with Crippen molar-refractivity contribution in [3.8, 4) is 0 Å². The van der Waals surface area contributed by atoms with Gasteiger partial charge in [-0.3, -0.25) is 0 Å². The molecule has 0 aliphatic carbocycles. The Morgan fingerprint density at radius 1 is 0.950 bits per heavy atom. The van der Waals surface area contributed by atoms with Crippen LogP contribution in [0.2, 0.25) is 0 Å². The zero-order valence-electron chi connectivity index (χ0n) is 12.4. The molecule has 0 spiro atoms. The molecular weight excluding hydrogens is 332 g/mol. The molecule has 0 bridgehead atoms. The average Bonchev–Trinajstić information content (AvgIpc) is 2.36. The van der Waals surface area contributed by atoms with Crippen LogP contribution in [0.15, 0.2) is 46.9 Å². The van der Waals surface area contributed by atoms with E-state index < -0.39 is 0 Å². The summed E-state index contributed by atoms with van der Waals surface area (Å²) in [6, 6.07) is 14.9. The summed E-state index contributed by atoms with van der Waals surface area (Å²) in [5.74, 6) is 0. The maximum Gasteiger partial charge on any atom is 0.0835 e. The van der Waals surface area contributed by atoms with Crippen LogP contribution >= 0.6 is 27.5 Å². The Balaban J connectivity index is 2.31. The molecule has 0 radical (unpaired) electrons. The predicted molar refractivity (Wildman–Crippen MR) is 91.7 cm³/mol. The van der Waals surface area contributed by atoms with Gasteiger partial charge in [0.05, 0.1) is 5.38 Å². The molecule has 0 aliphatic rings. The number of alkyl halides is 1. The second-order valence-electron chi connectivity index (χ2n) is 6.30. The number of halogens is 2. The van der Waals surface area contributed by atoms with Gasteiger partial charge in [0.15, 0.2) is 0 Å². The van der Waals surface area contributed by atoms with Gasteiger partial charge in [-0.25, -0.2) is 0 Å². The van der Waals surface area contributed by atoms with Crippen molar-refractivity contribution in [1.29, 1.82) is 0 Å². The molecule has 0 amide bonds. The minimum absolute atomic E-state index is 0.111. The number of hydrogen-bond acceptors (Lipinski definition) is 0. The zero-order valence-corrected chi connectivity index (χ0v) is 14.7. The van der Waals surface area contributed by atoms with Crippen LogP contribution in [0.1, 0.15) is 48.4 Å². The monoisotopic (exact) mass is 350 g/mol. The Bertz CT molecular complexity index is 574. The minimum Gasteiger partial charge on any atom is -0.113 e. The van der Waals surface area contributed by atoms with Crippen LogP contribution in [0, 0.1) is 6.92 Å². The fourth-order valence-electron chi connectivity index (χ4n) is 2.26. The van der Waals surface area contributed by atoms with Crippen molar-refractivity contribution in [2.75, 3.05) is 0 Å². The van der Waals surface area contributed by atoms with Crippen molar-refractivity contribution in [3.63, 3.8) is 0 Å². The first kappa shape index (κ1) is 15.6. The summed E-state index contributed by atoms with van der Waals surface area (Å²) in [4.78, 5) is 0. The van der Waals surface area contributed by atoms with Gasteiger partial charge in [0, 0.05) is 4.47 Å². The quantitative estimate of drug-likeness (QED) is 0.550. The molecule has 0 aliphatic heterocycles. The van der Waals surface area contributed by atoms with Gasteiger partial charge in [0.2, 0.25) is 0 Å². The lowest BCUT2D eigenvalue weighted by molar-refractivity contribution is 0.590. The highest BCUT2D eigenvalue weighted by atomic mass is 79.9. The fourth-order valence-corrected chi connectivity index (χ4v) is 3.15. The van der Waals surface area contributed by atoms with Crippen LogP contribution in [0.4, 0.5) is 0 Å². The molecule has 2 aromatic carbocycles. The van der Waals surface area contributed by atoms with Crippen molar-refractivity contribution < 1.29 is 0 Å². The van der Waals surface area contributed by atoms with Gasteiger partial charge in [-0.2, -0.15) is 0 Å². The number of hydrogen-bond donors (Lipinski definition) is 0. The average molecular weight is 352 g/mol. The Hall–Kier alpha value is -0.790. The molecule has 0 nitrogen and oxygen atoms in total. The number of benzene rings is 2. The summed E-state index contributed by atoms with van der Waals surface area (Å²) in [7, 11) is 0. The van der Waals surface area contributed by atoms with Gasteiger partial charge < -0.3 is 0 Å². The van der Waals surface area contributed by atoms with Gasteiger partial charge in [0.1, 0.15) is 0 Å². The Labute approximate surface area is 135 Å². The highest BCUT2D eigenvalue weighted by Gasteiger charge is 2.16. The second-order valence-corrected chi connectivity index (χ2v) is 7.65. The van der Waals surface area contributed by atoms with E-state index in [9.17, 15) is 0 Å². The third-order valence-corrected chi connectivity index (χ3v) is 4.39. The van der Waals surface area contributed by atoms with Crippen molar-refractivity contribution in [2.45, 2.75) is 38.5 Å². The maximum absolute atomic E-state index is 6.62. The van der Waals surface area contributed by atoms with E-state index >= 15 is 0 Å². The molecule has 2 rings (SSSR count). The third-order valence-electron chi connectivity index (χ3n) is 3.43. The molecule has 20 heavy (non-hydrogen) atoms. The predicted octanol–water partition coefficient (Wildman–Crippen LogP) is 6.38. The lowest BCUT2D eigenvalue weighted by Crippen LogP contribution is -2.10. The topological polar surface area (TPSA) is 0 Å². The molecule has 1 atom stereocenters. The van der Waals surface area contributed by atoms with E-state index in [0.29, 0.717) is 0 Å². The van der Waals surface area contributed by atoms with Crippen LogP contribution in [0.5, 0.6) is 0 Å². The van der Waals surface area contributed by atoms with Crippen molar-refractivity contribution in [3.05, 3.63) is 69.2 Å². The summed E-state index contributed by atoms with van der Waals surface area (Å²) >= 11 is 10.2.